The Kier molecular flexibility index (Phi) is 5.75. The predicted molar refractivity (Wildman–Crippen MR) is 72.3 cm³/mol. The van der Waals surface area contributed by atoms with Gasteiger partial charge in [-0.15, -0.1) is 0 Å². The first-order valence-corrected chi connectivity index (χ1v) is 7.08. The van der Waals surface area contributed by atoms with Crippen LogP contribution in [0.5, 0.6) is 0 Å². The summed E-state index contributed by atoms with van der Waals surface area (Å²) in [6.45, 7) is 5.68. The van der Waals surface area contributed by atoms with Gasteiger partial charge in [0.05, 0.1) is 32.8 Å². The van der Waals surface area contributed by atoms with Gasteiger partial charge < -0.3 is 19.7 Å². The van der Waals surface area contributed by atoms with Crippen molar-refractivity contribution in [3.8, 4) is 0 Å². The van der Waals surface area contributed by atoms with E-state index < -0.39 is 0 Å². The Morgan fingerprint density at radius 3 is 2.75 bits per heavy atom. The third-order valence-corrected chi connectivity index (χ3v) is 3.68. The van der Waals surface area contributed by atoms with Crippen LogP contribution in [0.4, 0.5) is 0 Å². The Balaban J connectivity index is 1.78. The molecule has 1 atom stereocenters. The Hall–Kier alpha value is -1.18. The van der Waals surface area contributed by atoms with Crippen LogP contribution in [0.2, 0.25) is 0 Å². The molecule has 2 fully saturated rings. The molecule has 0 radical (unpaired) electrons. The van der Waals surface area contributed by atoms with Crippen LogP contribution in [0.3, 0.4) is 0 Å². The predicted octanol–water partition coefficient (Wildman–Crippen LogP) is -1.32. The van der Waals surface area contributed by atoms with Crippen molar-refractivity contribution in [3.05, 3.63) is 0 Å². The van der Waals surface area contributed by atoms with E-state index >= 15 is 0 Å². The first kappa shape index (κ1) is 15.2. The topological polar surface area (TPSA) is 71.1 Å². The largest absolute Gasteiger partial charge is 0.469 e. The number of methoxy groups -OCH3 is 1. The van der Waals surface area contributed by atoms with E-state index in [9.17, 15) is 9.59 Å². The van der Waals surface area contributed by atoms with Crippen LogP contribution >= 0.6 is 0 Å². The normalized spacial score (nSPS) is 24.4. The lowest BCUT2D eigenvalue weighted by atomic mass is 10.2. The maximum Gasteiger partial charge on any atom is 0.308 e. The molecule has 2 saturated heterocycles. The number of nitrogens with zero attached hydrogens (tertiary/aromatic N) is 2. The molecule has 0 spiro atoms. The molecule has 1 N–H and O–H groups in total. The fourth-order valence-corrected chi connectivity index (χ4v) is 2.50. The molecule has 0 aliphatic carbocycles. The van der Waals surface area contributed by atoms with Gasteiger partial charge >= 0.3 is 5.97 Å². The lowest BCUT2D eigenvalue weighted by Crippen LogP contribution is -2.52. The molecule has 20 heavy (non-hydrogen) atoms. The highest BCUT2D eigenvalue weighted by molar-refractivity contribution is 5.78. The van der Waals surface area contributed by atoms with E-state index in [-0.39, 0.29) is 24.4 Å². The summed E-state index contributed by atoms with van der Waals surface area (Å²) in [5.41, 5.74) is 0. The summed E-state index contributed by atoms with van der Waals surface area (Å²) in [5, 5.41) is 3.26. The van der Waals surface area contributed by atoms with Gasteiger partial charge in [-0.3, -0.25) is 14.5 Å². The SMILES string of the molecule is COC(=O)CC1CN(C(=O)CN2CCNCC2)CCO1. The number of carbonyl (C=O) groups excluding carboxylic acids is 2. The van der Waals surface area contributed by atoms with Crippen molar-refractivity contribution in [1.29, 1.82) is 0 Å². The van der Waals surface area contributed by atoms with Gasteiger partial charge in [0.15, 0.2) is 0 Å². The molecular formula is C13H23N3O4. The molecule has 0 aromatic carbocycles. The molecule has 0 bridgehead atoms. The number of esters is 1. The molecule has 7 heteroatoms. The Morgan fingerprint density at radius 1 is 1.30 bits per heavy atom. The molecule has 7 nitrogen and oxygen atoms in total. The zero-order valence-electron chi connectivity index (χ0n) is 12.0. The summed E-state index contributed by atoms with van der Waals surface area (Å²) in [6.07, 6.45) is -0.0448. The summed E-state index contributed by atoms with van der Waals surface area (Å²) in [4.78, 5) is 27.5. The van der Waals surface area contributed by atoms with Gasteiger partial charge in [-0.25, -0.2) is 0 Å². The van der Waals surface area contributed by atoms with Crippen molar-refractivity contribution < 1.29 is 19.1 Å². The highest BCUT2D eigenvalue weighted by atomic mass is 16.5. The quantitative estimate of drug-likeness (QED) is 0.646. The number of morpholine rings is 1. The summed E-state index contributed by atoms with van der Waals surface area (Å²) >= 11 is 0. The van der Waals surface area contributed by atoms with E-state index in [2.05, 4.69) is 15.0 Å². The second kappa shape index (κ2) is 7.56. The molecule has 2 rings (SSSR count). The standard InChI is InChI=1S/C13H23N3O4/c1-19-13(18)8-11-9-16(6-7-20-11)12(17)10-15-4-2-14-3-5-15/h11,14H,2-10H2,1H3. The van der Waals surface area contributed by atoms with Gasteiger partial charge in [-0.1, -0.05) is 0 Å². The lowest BCUT2D eigenvalue weighted by Gasteiger charge is -2.35. The molecule has 2 aliphatic rings. The first-order chi connectivity index (χ1) is 9.69. The van der Waals surface area contributed by atoms with Crippen LogP contribution < -0.4 is 5.32 Å². The van der Waals surface area contributed by atoms with Gasteiger partial charge in [0.2, 0.25) is 5.91 Å². The van der Waals surface area contributed by atoms with E-state index in [1.165, 1.54) is 7.11 Å². The van der Waals surface area contributed by atoms with Crippen LogP contribution in [0.1, 0.15) is 6.42 Å². The van der Waals surface area contributed by atoms with Gasteiger partial charge in [-0.05, 0) is 0 Å². The fraction of sp³-hybridized carbons (Fsp3) is 0.846. The lowest BCUT2D eigenvalue weighted by molar-refractivity contribution is -0.150. The number of rotatable bonds is 4. The minimum absolute atomic E-state index is 0.116. The third kappa shape index (κ3) is 4.43. The first-order valence-electron chi connectivity index (χ1n) is 7.08. The van der Waals surface area contributed by atoms with Gasteiger partial charge in [0.1, 0.15) is 0 Å². The Labute approximate surface area is 119 Å². The Bertz CT molecular complexity index is 345. The number of hydrogen-bond donors (Lipinski definition) is 1. The number of piperazine rings is 1. The maximum absolute atomic E-state index is 12.3. The highest BCUT2D eigenvalue weighted by Gasteiger charge is 2.27. The van der Waals surface area contributed by atoms with Crippen LogP contribution in [-0.4, -0.2) is 87.3 Å². The summed E-state index contributed by atoms with van der Waals surface area (Å²) < 4.78 is 10.1. The van der Waals surface area contributed by atoms with E-state index in [1.807, 2.05) is 0 Å². The van der Waals surface area contributed by atoms with Crippen molar-refractivity contribution >= 4 is 11.9 Å². The highest BCUT2D eigenvalue weighted by Crippen LogP contribution is 2.10. The van der Waals surface area contributed by atoms with Crippen LogP contribution in [0.25, 0.3) is 0 Å². The molecule has 2 aliphatic heterocycles. The van der Waals surface area contributed by atoms with Crippen molar-refractivity contribution in [3.63, 3.8) is 0 Å². The number of ether oxygens (including phenoxy) is 2. The number of amides is 1. The number of nitrogens with one attached hydrogen (secondary N) is 1. The molecule has 0 saturated carbocycles. The Morgan fingerprint density at radius 2 is 2.05 bits per heavy atom. The maximum atomic E-state index is 12.3. The molecule has 0 aromatic rings. The van der Waals surface area contributed by atoms with E-state index in [0.717, 1.165) is 26.2 Å². The molecule has 1 unspecified atom stereocenters. The van der Waals surface area contributed by atoms with Gasteiger partial charge in [0, 0.05) is 39.3 Å². The van der Waals surface area contributed by atoms with Crippen molar-refractivity contribution in [2.45, 2.75) is 12.5 Å². The van der Waals surface area contributed by atoms with Crippen LogP contribution in [0.15, 0.2) is 0 Å². The minimum Gasteiger partial charge on any atom is -0.469 e. The molecule has 0 aromatic heterocycles. The van der Waals surface area contributed by atoms with E-state index in [0.29, 0.717) is 26.2 Å². The zero-order chi connectivity index (χ0) is 14.4. The summed E-state index contributed by atoms with van der Waals surface area (Å²) in [5.74, 6) is -0.184. The van der Waals surface area contributed by atoms with E-state index in [4.69, 9.17) is 4.74 Å². The average molecular weight is 285 g/mol. The fourth-order valence-electron chi connectivity index (χ4n) is 2.50. The minimum atomic E-state index is -0.300. The number of hydrogen-bond acceptors (Lipinski definition) is 6. The number of carbonyl (C=O) groups is 2. The second-order valence-electron chi connectivity index (χ2n) is 5.14. The van der Waals surface area contributed by atoms with Crippen molar-refractivity contribution in [2.75, 3.05) is 59.5 Å². The van der Waals surface area contributed by atoms with Crippen LogP contribution in [0, 0.1) is 0 Å². The summed E-state index contributed by atoms with van der Waals surface area (Å²) in [6, 6.07) is 0. The molecular weight excluding hydrogens is 262 g/mol. The third-order valence-electron chi connectivity index (χ3n) is 3.68. The van der Waals surface area contributed by atoms with Gasteiger partial charge in [0.25, 0.3) is 0 Å². The summed E-state index contributed by atoms with van der Waals surface area (Å²) in [7, 11) is 1.36. The molecule has 114 valence electrons. The van der Waals surface area contributed by atoms with Gasteiger partial charge in [-0.2, -0.15) is 0 Å². The van der Waals surface area contributed by atoms with Crippen LogP contribution in [-0.2, 0) is 19.1 Å². The zero-order valence-corrected chi connectivity index (χ0v) is 12.0. The molecule has 1 amide bonds. The van der Waals surface area contributed by atoms with Crippen molar-refractivity contribution in [1.82, 2.24) is 15.1 Å². The second-order valence-corrected chi connectivity index (χ2v) is 5.14. The molecule has 2 heterocycles. The smallest absolute Gasteiger partial charge is 0.308 e. The average Bonchev–Trinajstić information content (AvgIpc) is 2.48. The van der Waals surface area contributed by atoms with E-state index in [1.54, 1.807) is 4.90 Å². The van der Waals surface area contributed by atoms with Crippen molar-refractivity contribution in [2.24, 2.45) is 0 Å². The monoisotopic (exact) mass is 285 g/mol.